The Morgan fingerprint density at radius 3 is 2.27 bits per heavy atom. The summed E-state index contributed by atoms with van der Waals surface area (Å²) in [5, 5.41) is 2.66. The van der Waals surface area contributed by atoms with Crippen molar-refractivity contribution >= 4 is 17.8 Å². The Balaban J connectivity index is 2.18. The average molecular weight is 354 g/mol. The average Bonchev–Trinajstić information content (AvgIpc) is 2.56. The molecule has 2 rings (SSSR count). The standard InChI is InChI=1S/C20H22N2O4/c1-12-6-4-7-13(2)17(12)11-18(19(21)24)22-20(25)15-8-5-9-16(10-15)26-14(3)23/h4-10,18H,11H2,1-3H3,(H2,21,24)(H,22,25)/t18-/m0/s1. The summed E-state index contributed by atoms with van der Waals surface area (Å²) in [5.74, 6) is -1.30. The molecule has 0 aliphatic carbocycles. The molecule has 0 aliphatic heterocycles. The van der Waals surface area contributed by atoms with Crippen LogP contribution in [-0.4, -0.2) is 23.8 Å². The molecule has 0 aliphatic rings. The normalized spacial score (nSPS) is 11.5. The van der Waals surface area contributed by atoms with Gasteiger partial charge >= 0.3 is 5.97 Å². The van der Waals surface area contributed by atoms with Crippen LogP contribution in [-0.2, 0) is 16.0 Å². The zero-order chi connectivity index (χ0) is 19.3. The van der Waals surface area contributed by atoms with Gasteiger partial charge < -0.3 is 15.8 Å². The molecule has 2 aromatic rings. The fourth-order valence-electron chi connectivity index (χ4n) is 2.71. The maximum Gasteiger partial charge on any atom is 0.308 e. The summed E-state index contributed by atoms with van der Waals surface area (Å²) in [6.45, 7) is 5.18. The largest absolute Gasteiger partial charge is 0.427 e. The van der Waals surface area contributed by atoms with Gasteiger partial charge in [-0.25, -0.2) is 0 Å². The molecule has 0 heterocycles. The van der Waals surface area contributed by atoms with E-state index in [2.05, 4.69) is 5.32 Å². The molecule has 0 fully saturated rings. The highest BCUT2D eigenvalue weighted by Crippen LogP contribution is 2.17. The lowest BCUT2D eigenvalue weighted by Crippen LogP contribution is -2.46. The second-order valence-electron chi connectivity index (χ2n) is 6.12. The van der Waals surface area contributed by atoms with Crippen molar-refractivity contribution < 1.29 is 19.1 Å². The van der Waals surface area contributed by atoms with Crippen LogP contribution >= 0.6 is 0 Å². The number of aryl methyl sites for hydroxylation is 2. The lowest BCUT2D eigenvalue weighted by atomic mass is 9.96. The molecule has 0 aromatic heterocycles. The highest BCUT2D eigenvalue weighted by Gasteiger charge is 2.21. The number of esters is 1. The second kappa shape index (κ2) is 8.29. The summed E-state index contributed by atoms with van der Waals surface area (Å²) < 4.78 is 4.97. The molecule has 0 unspecified atom stereocenters. The molecule has 6 heteroatoms. The topological polar surface area (TPSA) is 98.5 Å². The minimum absolute atomic E-state index is 0.260. The predicted molar refractivity (Wildman–Crippen MR) is 97.8 cm³/mol. The molecule has 0 saturated heterocycles. The van der Waals surface area contributed by atoms with Gasteiger partial charge in [0.25, 0.3) is 5.91 Å². The van der Waals surface area contributed by atoms with Gasteiger partial charge in [0.2, 0.25) is 5.91 Å². The molecule has 0 saturated carbocycles. The number of nitrogens with one attached hydrogen (secondary N) is 1. The van der Waals surface area contributed by atoms with E-state index in [4.69, 9.17) is 10.5 Å². The first-order chi connectivity index (χ1) is 12.3. The van der Waals surface area contributed by atoms with Crippen LogP contribution in [0.4, 0.5) is 0 Å². The Hall–Kier alpha value is -3.15. The van der Waals surface area contributed by atoms with Crippen LogP contribution in [0.15, 0.2) is 42.5 Å². The van der Waals surface area contributed by atoms with Gasteiger partial charge in [-0.1, -0.05) is 24.3 Å². The summed E-state index contributed by atoms with van der Waals surface area (Å²) in [7, 11) is 0. The van der Waals surface area contributed by atoms with Crippen molar-refractivity contribution in [2.24, 2.45) is 5.73 Å². The Morgan fingerprint density at radius 2 is 1.69 bits per heavy atom. The molecule has 2 amide bonds. The number of carbonyl (C=O) groups is 3. The van der Waals surface area contributed by atoms with Gasteiger partial charge in [-0.3, -0.25) is 14.4 Å². The number of nitrogens with two attached hydrogens (primary N) is 1. The van der Waals surface area contributed by atoms with E-state index in [1.165, 1.54) is 13.0 Å². The number of rotatable bonds is 6. The number of benzene rings is 2. The number of amides is 2. The minimum Gasteiger partial charge on any atom is -0.427 e. The SMILES string of the molecule is CC(=O)Oc1cccc(C(=O)N[C@@H](Cc2c(C)cccc2C)C(N)=O)c1. The van der Waals surface area contributed by atoms with Crippen molar-refractivity contribution in [2.75, 3.05) is 0 Å². The van der Waals surface area contributed by atoms with E-state index < -0.39 is 23.8 Å². The number of ether oxygens (including phenoxy) is 1. The highest BCUT2D eigenvalue weighted by atomic mass is 16.5. The van der Waals surface area contributed by atoms with Crippen molar-refractivity contribution in [3.63, 3.8) is 0 Å². The number of hydrogen-bond donors (Lipinski definition) is 2. The minimum atomic E-state index is -0.848. The van der Waals surface area contributed by atoms with Crippen molar-refractivity contribution in [1.29, 1.82) is 0 Å². The van der Waals surface area contributed by atoms with E-state index in [9.17, 15) is 14.4 Å². The lowest BCUT2D eigenvalue weighted by Gasteiger charge is -2.18. The first kappa shape index (κ1) is 19.2. The Morgan fingerprint density at radius 1 is 1.08 bits per heavy atom. The maximum absolute atomic E-state index is 12.5. The number of primary amides is 1. The molecule has 0 radical (unpaired) electrons. The van der Waals surface area contributed by atoms with E-state index >= 15 is 0 Å². The van der Waals surface area contributed by atoms with E-state index in [1.54, 1.807) is 18.2 Å². The van der Waals surface area contributed by atoms with Crippen molar-refractivity contribution in [1.82, 2.24) is 5.32 Å². The van der Waals surface area contributed by atoms with Crippen LogP contribution in [0.5, 0.6) is 5.75 Å². The van der Waals surface area contributed by atoms with Gasteiger partial charge in [0.05, 0.1) is 0 Å². The van der Waals surface area contributed by atoms with Crippen LogP contribution in [0.2, 0.25) is 0 Å². The third kappa shape index (κ3) is 4.92. The van der Waals surface area contributed by atoms with Crippen LogP contribution < -0.4 is 15.8 Å². The molecule has 1 atom stereocenters. The van der Waals surface area contributed by atoms with Gasteiger partial charge in [0.15, 0.2) is 0 Å². The van der Waals surface area contributed by atoms with Gasteiger partial charge in [-0.05, 0) is 48.7 Å². The van der Waals surface area contributed by atoms with E-state index in [0.29, 0.717) is 6.42 Å². The fraction of sp³-hybridized carbons (Fsp3) is 0.250. The quantitative estimate of drug-likeness (QED) is 0.613. The van der Waals surface area contributed by atoms with Gasteiger partial charge in [-0.2, -0.15) is 0 Å². The zero-order valence-electron chi connectivity index (χ0n) is 15.0. The summed E-state index contributed by atoms with van der Waals surface area (Å²) in [5.41, 5.74) is 8.80. The molecule has 3 N–H and O–H groups in total. The third-order valence-electron chi connectivity index (χ3n) is 4.06. The number of carbonyl (C=O) groups excluding carboxylic acids is 3. The van der Waals surface area contributed by atoms with Crippen LogP contribution in [0.1, 0.15) is 34.0 Å². The smallest absolute Gasteiger partial charge is 0.308 e. The maximum atomic E-state index is 12.5. The van der Waals surface area contributed by atoms with Crippen LogP contribution in [0.25, 0.3) is 0 Å². The van der Waals surface area contributed by atoms with E-state index in [0.717, 1.165) is 16.7 Å². The van der Waals surface area contributed by atoms with Gasteiger partial charge in [-0.15, -0.1) is 0 Å². The summed E-state index contributed by atoms with van der Waals surface area (Å²) >= 11 is 0. The molecule has 6 nitrogen and oxygen atoms in total. The molecule has 0 spiro atoms. The Labute approximate surface area is 152 Å². The monoisotopic (exact) mass is 354 g/mol. The predicted octanol–water partition coefficient (Wildman–Crippen LogP) is 2.06. The summed E-state index contributed by atoms with van der Waals surface area (Å²) in [4.78, 5) is 35.4. The molecule has 0 bridgehead atoms. The fourth-order valence-corrected chi connectivity index (χ4v) is 2.71. The first-order valence-electron chi connectivity index (χ1n) is 8.21. The van der Waals surface area contributed by atoms with Crippen LogP contribution in [0.3, 0.4) is 0 Å². The highest BCUT2D eigenvalue weighted by molar-refractivity contribution is 5.97. The number of hydrogen-bond acceptors (Lipinski definition) is 4. The summed E-state index contributed by atoms with van der Waals surface area (Å²) in [6, 6.07) is 11.2. The summed E-state index contributed by atoms with van der Waals surface area (Å²) in [6.07, 6.45) is 0.309. The van der Waals surface area contributed by atoms with E-state index in [-0.39, 0.29) is 11.3 Å². The van der Waals surface area contributed by atoms with E-state index in [1.807, 2.05) is 32.0 Å². The van der Waals surface area contributed by atoms with Gasteiger partial charge in [0.1, 0.15) is 11.8 Å². The van der Waals surface area contributed by atoms with Crippen molar-refractivity contribution in [3.8, 4) is 5.75 Å². The second-order valence-corrected chi connectivity index (χ2v) is 6.12. The molecular formula is C20H22N2O4. The van der Waals surface area contributed by atoms with Gasteiger partial charge in [0, 0.05) is 18.9 Å². The van der Waals surface area contributed by atoms with Crippen molar-refractivity contribution in [3.05, 3.63) is 64.7 Å². The Bertz CT molecular complexity index is 825. The molecular weight excluding hydrogens is 332 g/mol. The lowest BCUT2D eigenvalue weighted by molar-refractivity contribution is -0.131. The molecule has 26 heavy (non-hydrogen) atoms. The molecule has 136 valence electrons. The Kier molecular flexibility index (Phi) is 6.11. The van der Waals surface area contributed by atoms with Crippen molar-refractivity contribution in [2.45, 2.75) is 33.2 Å². The first-order valence-corrected chi connectivity index (χ1v) is 8.21. The zero-order valence-corrected chi connectivity index (χ0v) is 15.0. The van der Waals surface area contributed by atoms with Crippen LogP contribution in [0, 0.1) is 13.8 Å². The molecule has 2 aromatic carbocycles. The third-order valence-corrected chi connectivity index (χ3v) is 4.06.